The van der Waals surface area contributed by atoms with Crippen LogP contribution in [0.3, 0.4) is 0 Å². The predicted octanol–water partition coefficient (Wildman–Crippen LogP) is 1.13. The van der Waals surface area contributed by atoms with Gasteiger partial charge in [0, 0.05) is 6.04 Å². The summed E-state index contributed by atoms with van der Waals surface area (Å²) in [6.07, 6.45) is 2.53. The zero-order chi connectivity index (χ0) is 5.82. The minimum atomic E-state index is 0.644. The zero-order valence-electron chi connectivity index (χ0n) is 5.09. The largest absolute Gasteiger partial charge is 0.289 e. The molecule has 0 bridgehead atoms. The first kappa shape index (κ1) is 5.54. The van der Waals surface area contributed by atoms with Crippen molar-refractivity contribution >= 4 is 0 Å². The second-order valence-corrected chi connectivity index (χ2v) is 1.96. The van der Waals surface area contributed by atoms with Crippen LogP contribution in [0.5, 0.6) is 0 Å². The first-order valence-corrected chi connectivity index (χ1v) is 3.05. The predicted molar refractivity (Wildman–Crippen MR) is 31.6 cm³/mol. The van der Waals surface area contributed by atoms with Crippen LogP contribution in [-0.2, 0) is 0 Å². The number of rotatable bonds is 3. The average Bonchev–Trinajstić information content (AvgIpc) is 2.51. The lowest BCUT2D eigenvalue weighted by atomic mass is 10.8. The molecule has 0 unspecified atom stereocenters. The van der Waals surface area contributed by atoms with Crippen molar-refractivity contribution in [1.29, 1.82) is 0 Å². The van der Waals surface area contributed by atoms with E-state index in [-0.39, 0.29) is 0 Å². The molecule has 1 saturated carbocycles. The summed E-state index contributed by atoms with van der Waals surface area (Å²) >= 11 is 0. The van der Waals surface area contributed by atoms with E-state index in [9.17, 15) is 0 Å². The van der Waals surface area contributed by atoms with Gasteiger partial charge in [-0.1, -0.05) is 5.22 Å². The molecule has 0 radical (unpaired) electrons. The molecule has 3 nitrogen and oxygen atoms in total. The average molecular weight is 113 g/mol. The van der Waals surface area contributed by atoms with Crippen LogP contribution in [0.25, 0.3) is 0 Å². The number of nitrogens with one attached hydrogen (secondary N) is 1. The molecule has 0 aromatic carbocycles. The van der Waals surface area contributed by atoms with Gasteiger partial charge in [0.15, 0.2) is 0 Å². The third-order valence-corrected chi connectivity index (χ3v) is 1.03. The number of hydrogen-bond donors (Lipinski definition) is 1. The van der Waals surface area contributed by atoms with Crippen LogP contribution in [0.15, 0.2) is 10.3 Å². The van der Waals surface area contributed by atoms with Crippen molar-refractivity contribution < 1.29 is 0 Å². The van der Waals surface area contributed by atoms with E-state index < -0.39 is 0 Å². The maximum Gasteiger partial charge on any atom is 0.0592 e. The molecular weight excluding hydrogens is 102 g/mol. The highest BCUT2D eigenvalue weighted by molar-refractivity contribution is 4.78. The molecule has 0 spiro atoms. The van der Waals surface area contributed by atoms with Gasteiger partial charge < -0.3 is 0 Å². The van der Waals surface area contributed by atoms with Gasteiger partial charge in [0.1, 0.15) is 0 Å². The highest BCUT2D eigenvalue weighted by atomic mass is 15.4. The molecule has 0 amide bonds. The molecule has 8 heavy (non-hydrogen) atoms. The van der Waals surface area contributed by atoms with Crippen molar-refractivity contribution in [2.45, 2.75) is 25.8 Å². The molecule has 0 aliphatic heterocycles. The molecule has 1 N–H and O–H groups in total. The second kappa shape index (κ2) is 2.64. The molecule has 0 aromatic rings. The van der Waals surface area contributed by atoms with Gasteiger partial charge in [-0.25, -0.2) is 0 Å². The Hall–Kier alpha value is -0.600. The Morgan fingerprint density at radius 2 is 2.38 bits per heavy atom. The van der Waals surface area contributed by atoms with E-state index in [0.29, 0.717) is 6.04 Å². The molecule has 0 saturated heterocycles. The minimum Gasteiger partial charge on any atom is -0.289 e. The van der Waals surface area contributed by atoms with Crippen molar-refractivity contribution in [2.75, 3.05) is 6.54 Å². The van der Waals surface area contributed by atoms with Crippen LogP contribution in [0.4, 0.5) is 0 Å². The molecule has 1 fully saturated rings. The number of nitrogens with zero attached hydrogens (tertiary/aromatic N) is 2. The lowest BCUT2D eigenvalue weighted by Gasteiger charge is -1.88. The SMILES string of the molecule is CCN=NNC1CC1. The first-order valence-electron chi connectivity index (χ1n) is 3.05. The fourth-order valence-corrected chi connectivity index (χ4v) is 0.406. The lowest BCUT2D eigenvalue weighted by Crippen LogP contribution is -2.05. The quantitative estimate of drug-likeness (QED) is 0.432. The molecule has 0 atom stereocenters. The van der Waals surface area contributed by atoms with Gasteiger partial charge in [-0.3, -0.25) is 5.43 Å². The first-order chi connectivity index (χ1) is 3.93. The van der Waals surface area contributed by atoms with E-state index in [2.05, 4.69) is 15.8 Å². The topological polar surface area (TPSA) is 36.8 Å². The van der Waals surface area contributed by atoms with Crippen LogP contribution in [0.1, 0.15) is 19.8 Å². The maximum absolute atomic E-state index is 3.77. The van der Waals surface area contributed by atoms with Crippen LogP contribution in [-0.4, -0.2) is 12.6 Å². The van der Waals surface area contributed by atoms with Gasteiger partial charge in [-0.2, -0.15) is 5.11 Å². The Labute approximate surface area is 49.2 Å². The summed E-state index contributed by atoms with van der Waals surface area (Å²) in [5.41, 5.74) is 2.92. The van der Waals surface area contributed by atoms with E-state index in [1.165, 1.54) is 12.8 Å². The van der Waals surface area contributed by atoms with Gasteiger partial charge >= 0.3 is 0 Å². The molecule has 46 valence electrons. The smallest absolute Gasteiger partial charge is 0.0592 e. The summed E-state index contributed by atoms with van der Waals surface area (Å²) in [7, 11) is 0. The summed E-state index contributed by atoms with van der Waals surface area (Å²) in [6.45, 7) is 2.75. The fraction of sp³-hybridized carbons (Fsp3) is 1.00. The Morgan fingerprint density at radius 3 is 2.88 bits per heavy atom. The highest BCUT2D eigenvalue weighted by Crippen LogP contribution is 2.18. The normalized spacial score (nSPS) is 19.6. The minimum absolute atomic E-state index is 0.644. The van der Waals surface area contributed by atoms with E-state index in [0.717, 1.165) is 6.54 Å². The molecule has 1 rings (SSSR count). The van der Waals surface area contributed by atoms with E-state index in [1.54, 1.807) is 0 Å². The monoisotopic (exact) mass is 113 g/mol. The number of hydrogen-bond acceptors (Lipinski definition) is 2. The van der Waals surface area contributed by atoms with E-state index in [1.807, 2.05) is 6.92 Å². The van der Waals surface area contributed by atoms with Crippen LogP contribution in [0, 0.1) is 0 Å². The van der Waals surface area contributed by atoms with Crippen molar-refractivity contribution in [3.05, 3.63) is 0 Å². The summed E-state index contributed by atoms with van der Waals surface area (Å²) in [6, 6.07) is 0.644. The lowest BCUT2D eigenvalue weighted by molar-refractivity contribution is 0.671. The van der Waals surface area contributed by atoms with Crippen molar-refractivity contribution in [1.82, 2.24) is 5.43 Å². The third kappa shape index (κ3) is 1.91. The van der Waals surface area contributed by atoms with Crippen LogP contribution < -0.4 is 5.43 Å². The molecule has 0 heterocycles. The van der Waals surface area contributed by atoms with E-state index in [4.69, 9.17) is 0 Å². The molecule has 3 heteroatoms. The third-order valence-electron chi connectivity index (χ3n) is 1.03. The van der Waals surface area contributed by atoms with E-state index >= 15 is 0 Å². The van der Waals surface area contributed by atoms with Gasteiger partial charge in [-0.05, 0) is 19.8 Å². The van der Waals surface area contributed by atoms with Gasteiger partial charge in [-0.15, -0.1) is 0 Å². The second-order valence-electron chi connectivity index (χ2n) is 1.96. The summed E-state index contributed by atoms with van der Waals surface area (Å²) < 4.78 is 0. The standard InChI is InChI=1S/C5H11N3/c1-2-6-8-7-5-3-4-5/h5H,2-4H2,1H3,(H,6,7). The molecule has 1 aliphatic rings. The Kier molecular flexibility index (Phi) is 1.83. The van der Waals surface area contributed by atoms with Gasteiger partial charge in [0.05, 0.1) is 6.54 Å². The Balaban J connectivity index is 1.93. The van der Waals surface area contributed by atoms with Crippen molar-refractivity contribution in [3.8, 4) is 0 Å². The molecular formula is C5H11N3. The van der Waals surface area contributed by atoms with Gasteiger partial charge in [0.25, 0.3) is 0 Å². The molecule has 1 aliphatic carbocycles. The maximum atomic E-state index is 3.77. The summed E-state index contributed by atoms with van der Waals surface area (Å²) in [4.78, 5) is 0. The summed E-state index contributed by atoms with van der Waals surface area (Å²) in [5, 5.41) is 7.49. The summed E-state index contributed by atoms with van der Waals surface area (Å²) in [5.74, 6) is 0. The van der Waals surface area contributed by atoms with Crippen molar-refractivity contribution in [2.24, 2.45) is 10.3 Å². The van der Waals surface area contributed by atoms with Crippen LogP contribution in [0.2, 0.25) is 0 Å². The molecule has 0 aromatic heterocycles. The fourth-order valence-electron chi connectivity index (χ4n) is 0.406. The van der Waals surface area contributed by atoms with Crippen molar-refractivity contribution in [3.63, 3.8) is 0 Å². The van der Waals surface area contributed by atoms with Gasteiger partial charge in [0.2, 0.25) is 0 Å². The zero-order valence-corrected chi connectivity index (χ0v) is 5.09. The highest BCUT2D eigenvalue weighted by Gasteiger charge is 2.19. The van der Waals surface area contributed by atoms with Crippen LogP contribution >= 0.6 is 0 Å². The Bertz CT molecular complexity index is 85.7. The Morgan fingerprint density at radius 1 is 1.62 bits per heavy atom.